The van der Waals surface area contributed by atoms with Gasteiger partial charge in [-0.1, -0.05) is 30.7 Å². The molecule has 0 saturated carbocycles. The zero-order valence-corrected chi connectivity index (χ0v) is 18.8. The predicted octanol–water partition coefficient (Wildman–Crippen LogP) is 5.71. The van der Waals surface area contributed by atoms with E-state index in [4.69, 9.17) is 23.4 Å². The average Bonchev–Trinajstić information content (AvgIpc) is 3.48. The lowest BCUT2D eigenvalue weighted by Crippen LogP contribution is -2.06. The Balaban J connectivity index is 1.29. The predicted molar refractivity (Wildman–Crippen MR) is 122 cm³/mol. The minimum atomic E-state index is 0.00338. The molecule has 1 aromatic heterocycles. The first-order valence-electron chi connectivity index (χ1n) is 11.3. The van der Waals surface area contributed by atoms with Gasteiger partial charge in [0, 0.05) is 5.56 Å². The molecule has 0 spiro atoms. The zero-order chi connectivity index (χ0) is 22.2. The van der Waals surface area contributed by atoms with Crippen LogP contribution in [-0.4, -0.2) is 31.6 Å². The summed E-state index contributed by atoms with van der Waals surface area (Å²) in [6.07, 6.45) is 5.37. The molecule has 1 saturated heterocycles. The second-order valence-corrected chi connectivity index (χ2v) is 7.93. The highest BCUT2D eigenvalue weighted by Gasteiger charge is 2.15. The first-order chi connectivity index (χ1) is 15.7. The van der Waals surface area contributed by atoms with Crippen LogP contribution in [0.25, 0.3) is 11.5 Å². The van der Waals surface area contributed by atoms with Gasteiger partial charge in [-0.2, -0.15) is 0 Å². The van der Waals surface area contributed by atoms with Gasteiger partial charge in [0.05, 0.1) is 20.3 Å². The number of hydrogen-bond acceptors (Lipinski definition) is 6. The van der Waals surface area contributed by atoms with E-state index in [-0.39, 0.29) is 6.29 Å². The first kappa shape index (κ1) is 22.4. The zero-order valence-electron chi connectivity index (χ0n) is 18.8. The van der Waals surface area contributed by atoms with E-state index in [1.165, 1.54) is 5.56 Å². The fourth-order valence-corrected chi connectivity index (χ4v) is 3.79. The van der Waals surface area contributed by atoms with E-state index < -0.39 is 0 Å². The van der Waals surface area contributed by atoms with Gasteiger partial charge in [0.25, 0.3) is 0 Å². The molecule has 4 rings (SSSR count). The Hall–Kier alpha value is -2.83. The summed E-state index contributed by atoms with van der Waals surface area (Å²) < 4.78 is 28.4. The van der Waals surface area contributed by atoms with Gasteiger partial charge in [-0.05, 0) is 62.4 Å². The van der Waals surface area contributed by atoms with Crippen molar-refractivity contribution < 1.29 is 23.4 Å². The van der Waals surface area contributed by atoms with E-state index in [2.05, 4.69) is 17.1 Å². The number of nitrogens with zero attached hydrogens (tertiary/aromatic N) is 1. The third kappa shape index (κ3) is 5.90. The summed E-state index contributed by atoms with van der Waals surface area (Å²) in [5.74, 6) is 2.80. The molecular weight excluding hydrogens is 406 g/mol. The highest BCUT2D eigenvalue weighted by molar-refractivity contribution is 5.53. The standard InChI is InChI=1S/C26H31NO5/c1-19-22(27-26(32-19)21-10-6-4-7-11-21)18-31-23-14-13-20(17-24(23)28-2)9-5-3-8-12-25-29-15-16-30-25/h4,6-7,10-11,13-14,17,25H,3,5,8-9,12,15-16,18H2,1-2H3. The number of rotatable bonds is 11. The van der Waals surface area contributed by atoms with Crippen LogP contribution in [0.3, 0.4) is 0 Å². The molecule has 6 heteroatoms. The van der Waals surface area contributed by atoms with Gasteiger partial charge in [0.2, 0.25) is 5.89 Å². The van der Waals surface area contributed by atoms with Crippen molar-refractivity contribution in [3.8, 4) is 23.0 Å². The molecule has 0 amide bonds. The minimum Gasteiger partial charge on any atom is -0.493 e. The second kappa shape index (κ2) is 11.2. The van der Waals surface area contributed by atoms with Crippen molar-refractivity contribution in [2.45, 2.75) is 51.9 Å². The number of aryl methyl sites for hydroxylation is 2. The van der Waals surface area contributed by atoms with Crippen molar-refractivity contribution in [3.63, 3.8) is 0 Å². The van der Waals surface area contributed by atoms with Crippen LogP contribution >= 0.6 is 0 Å². The molecule has 6 nitrogen and oxygen atoms in total. The molecule has 0 bridgehead atoms. The summed E-state index contributed by atoms with van der Waals surface area (Å²) in [5, 5.41) is 0. The summed E-state index contributed by atoms with van der Waals surface area (Å²) in [6.45, 7) is 3.68. The molecule has 170 valence electrons. The maximum atomic E-state index is 6.02. The SMILES string of the molecule is COc1cc(CCCCCC2OCCO2)ccc1OCc1nc(-c2ccccc2)oc1C. The van der Waals surface area contributed by atoms with Crippen molar-refractivity contribution in [1.82, 2.24) is 4.98 Å². The van der Waals surface area contributed by atoms with Crippen LogP contribution in [-0.2, 0) is 22.5 Å². The summed E-state index contributed by atoms with van der Waals surface area (Å²) in [7, 11) is 1.67. The van der Waals surface area contributed by atoms with E-state index in [9.17, 15) is 0 Å². The number of aromatic nitrogens is 1. The molecule has 0 radical (unpaired) electrons. The lowest BCUT2D eigenvalue weighted by molar-refractivity contribution is -0.0479. The molecular formula is C26H31NO5. The average molecular weight is 438 g/mol. The second-order valence-electron chi connectivity index (χ2n) is 7.93. The molecule has 1 aliphatic rings. The van der Waals surface area contributed by atoms with Crippen molar-refractivity contribution in [2.75, 3.05) is 20.3 Å². The summed E-state index contributed by atoms with van der Waals surface area (Å²) in [4.78, 5) is 4.60. The number of hydrogen-bond donors (Lipinski definition) is 0. The Morgan fingerprint density at radius 1 is 0.969 bits per heavy atom. The first-order valence-corrected chi connectivity index (χ1v) is 11.3. The molecule has 2 heterocycles. The van der Waals surface area contributed by atoms with Gasteiger partial charge in [0.1, 0.15) is 18.1 Å². The van der Waals surface area contributed by atoms with E-state index in [0.717, 1.165) is 68.1 Å². The number of methoxy groups -OCH3 is 1. The van der Waals surface area contributed by atoms with Crippen LogP contribution in [0.2, 0.25) is 0 Å². The Morgan fingerprint density at radius 2 is 1.78 bits per heavy atom. The van der Waals surface area contributed by atoms with Gasteiger partial charge in [-0.15, -0.1) is 0 Å². The van der Waals surface area contributed by atoms with Gasteiger partial charge >= 0.3 is 0 Å². The van der Waals surface area contributed by atoms with Crippen LogP contribution in [0.5, 0.6) is 11.5 Å². The van der Waals surface area contributed by atoms with Gasteiger partial charge < -0.3 is 23.4 Å². The molecule has 3 aromatic rings. The normalized spacial score (nSPS) is 14.1. The van der Waals surface area contributed by atoms with Crippen LogP contribution < -0.4 is 9.47 Å². The topological polar surface area (TPSA) is 63.0 Å². The van der Waals surface area contributed by atoms with Crippen LogP contribution in [0.1, 0.15) is 42.7 Å². The highest BCUT2D eigenvalue weighted by atomic mass is 16.7. The van der Waals surface area contributed by atoms with Crippen molar-refractivity contribution in [3.05, 3.63) is 65.5 Å². The van der Waals surface area contributed by atoms with E-state index in [0.29, 0.717) is 18.2 Å². The number of oxazole rings is 1. The molecule has 0 N–H and O–H groups in total. The fraction of sp³-hybridized carbons (Fsp3) is 0.423. The molecule has 0 atom stereocenters. The molecule has 0 aliphatic carbocycles. The molecule has 1 aliphatic heterocycles. The third-order valence-electron chi connectivity index (χ3n) is 5.60. The van der Waals surface area contributed by atoms with Gasteiger partial charge in [0.15, 0.2) is 17.8 Å². The number of benzene rings is 2. The van der Waals surface area contributed by atoms with Gasteiger partial charge in [-0.25, -0.2) is 4.98 Å². The number of unbranched alkanes of at least 4 members (excludes halogenated alkanes) is 2. The van der Waals surface area contributed by atoms with Crippen LogP contribution in [0.15, 0.2) is 52.9 Å². The lowest BCUT2D eigenvalue weighted by atomic mass is 10.1. The number of ether oxygens (including phenoxy) is 4. The van der Waals surface area contributed by atoms with Gasteiger partial charge in [-0.3, -0.25) is 0 Å². The monoisotopic (exact) mass is 437 g/mol. The molecule has 1 fully saturated rings. The quantitative estimate of drug-likeness (QED) is 0.358. The fourth-order valence-electron chi connectivity index (χ4n) is 3.79. The van der Waals surface area contributed by atoms with Crippen molar-refractivity contribution in [1.29, 1.82) is 0 Å². The molecule has 0 unspecified atom stereocenters. The van der Waals surface area contributed by atoms with Crippen molar-refractivity contribution >= 4 is 0 Å². The largest absolute Gasteiger partial charge is 0.493 e. The Bertz CT molecular complexity index is 979. The molecule has 32 heavy (non-hydrogen) atoms. The van der Waals surface area contributed by atoms with Crippen molar-refractivity contribution in [2.24, 2.45) is 0 Å². The minimum absolute atomic E-state index is 0.00338. The summed E-state index contributed by atoms with van der Waals surface area (Å²) in [6, 6.07) is 16.0. The van der Waals surface area contributed by atoms with Crippen LogP contribution in [0, 0.1) is 6.92 Å². The van der Waals surface area contributed by atoms with E-state index in [1.54, 1.807) is 7.11 Å². The third-order valence-corrected chi connectivity index (χ3v) is 5.60. The van der Waals surface area contributed by atoms with E-state index in [1.807, 2.05) is 43.3 Å². The highest BCUT2D eigenvalue weighted by Crippen LogP contribution is 2.30. The molecule has 2 aromatic carbocycles. The Morgan fingerprint density at radius 3 is 2.56 bits per heavy atom. The smallest absolute Gasteiger partial charge is 0.226 e. The maximum Gasteiger partial charge on any atom is 0.226 e. The van der Waals surface area contributed by atoms with E-state index >= 15 is 0 Å². The summed E-state index contributed by atoms with van der Waals surface area (Å²) in [5.41, 5.74) is 2.98. The Kier molecular flexibility index (Phi) is 7.80. The Labute approximate surface area is 189 Å². The van der Waals surface area contributed by atoms with Crippen LogP contribution in [0.4, 0.5) is 0 Å². The lowest BCUT2D eigenvalue weighted by Gasteiger charge is -2.12. The summed E-state index contributed by atoms with van der Waals surface area (Å²) >= 11 is 0. The maximum absolute atomic E-state index is 6.02.